The van der Waals surface area contributed by atoms with Crippen molar-refractivity contribution in [2.24, 2.45) is 0 Å². The number of hydrogen-bond donors (Lipinski definition) is 0. The summed E-state index contributed by atoms with van der Waals surface area (Å²) in [4.78, 5) is 17.6. The smallest absolute Gasteiger partial charge is 0.240 e. The van der Waals surface area contributed by atoms with Gasteiger partial charge in [0.2, 0.25) is 5.91 Å². The third kappa shape index (κ3) is 3.47. The molecule has 0 atom stereocenters. The van der Waals surface area contributed by atoms with E-state index in [4.69, 9.17) is 0 Å². The average molecular weight is 249 g/mol. The van der Waals surface area contributed by atoms with Gasteiger partial charge in [0.15, 0.2) is 0 Å². The van der Waals surface area contributed by atoms with E-state index in [1.807, 2.05) is 58.3 Å². The van der Waals surface area contributed by atoms with E-state index in [1.165, 1.54) is 5.56 Å². The fourth-order valence-corrected chi connectivity index (χ4v) is 1.81. The predicted molar refractivity (Wildman–Crippen MR) is 77.5 cm³/mol. The number of carbonyl (C=O) groups is 1. The van der Waals surface area contributed by atoms with Crippen LogP contribution in [0.15, 0.2) is 18.2 Å². The number of aryl methyl sites for hydroxylation is 1. The molecular weight excluding hydrogens is 226 g/mol. The van der Waals surface area contributed by atoms with Crippen molar-refractivity contribution >= 4 is 17.3 Å². The number of amides is 1. The first-order chi connectivity index (χ1) is 8.32. The normalized spacial score (nSPS) is 10.6. The van der Waals surface area contributed by atoms with Gasteiger partial charge in [0, 0.05) is 32.5 Å². The van der Waals surface area contributed by atoms with Crippen molar-refractivity contribution in [3.63, 3.8) is 0 Å². The van der Waals surface area contributed by atoms with Crippen LogP contribution in [-0.2, 0) is 4.79 Å². The van der Waals surface area contributed by atoms with Crippen molar-refractivity contribution in [1.82, 2.24) is 4.90 Å². The van der Waals surface area contributed by atoms with E-state index in [2.05, 4.69) is 11.8 Å². The highest BCUT2D eigenvalue weighted by molar-refractivity contribution is 5.94. The van der Waals surface area contributed by atoms with Crippen LogP contribution in [0.2, 0.25) is 0 Å². The molecule has 0 aliphatic heterocycles. The molecule has 18 heavy (non-hydrogen) atoms. The van der Waals surface area contributed by atoms with Crippen LogP contribution in [0.25, 0.3) is 0 Å². The molecule has 0 N–H and O–H groups in total. The zero-order valence-electron chi connectivity index (χ0n) is 12.2. The summed E-state index contributed by atoms with van der Waals surface area (Å²) in [6, 6.07) is 6.07. The molecule has 0 aliphatic carbocycles. The minimum absolute atomic E-state index is 0.0913. The minimum Gasteiger partial charge on any atom is -0.377 e. The largest absolute Gasteiger partial charge is 0.377 e. The number of carbonyl (C=O) groups excluding carboxylic acids is 1. The Kier molecular flexibility index (Phi) is 4.73. The summed E-state index contributed by atoms with van der Waals surface area (Å²) in [5.74, 6) is 0.0913. The van der Waals surface area contributed by atoms with Gasteiger partial charge in [-0.15, -0.1) is 0 Å². The van der Waals surface area contributed by atoms with Gasteiger partial charge in [0.05, 0.1) is 6.54 Å². The second-order valence-electron chi connectivity index (χ2n) is 5.06. The maximum Gasteiger partial charge on any atom is 0.240 e. The molecule has 0 unspecified atom stereocenters. The summed E-state index contributed by atoms with van der Waals surface area (Å²) in [7, 11) is 9.62. The van der Waals surface area contributed by atoms with Crippen LogP contribution in [0.5, 0.6) is 0 Å². The van der Waals surface area contributed by atoms with Crippen LogP contribution in [-0.4, -0.2) is 52.6 Å². The lowest BCUT2D eigenvalue weighted by molar-refractivity contribution is -0.118. The van der Waals surface area contributed by atoms with Gasteiger partial charge in [-0.2, -0.15) is 0 Å². The number of anilines is 2. The summed E-state index contributed by atoms with van der Waals surface area (Å²) in [5, 5.41) is 0. The topological polar surface area (TPSA) is 26.8 Å². The van der Waals surface area contributed by atoms with Gasteiger partial charge in [-0.05, 0) is 38.7 Å². The molecule has 0 aliphatic rings. The van der Waals surface area contributed by atoms with E-state index in [9.17, 15) is 4.79 Å². The Balaban J connectivity index is 2.96. The van der Waals surface area contributed by atoms with Crippen LogP contribution in [0.3, 0.4) is 0 Å². The van der Waals surface area contributed by atoms with Crippen LogP contribution in [0.1, 0.15) is 5.56 Å². The average Bonchev–Trinajstić information content (AvgIpc) is 2.27. The molecule has 4 heteroatoms. The predicted octanol–water partition coefficient (Wildman–Crippen LogP) is 1.59. The molecule has 0 spiro atoms. The quantitative estimate of drug-likeness (QED) is 0.810. The molecule has 0 radical (unpaired) electrons. The molecule has 0 saturated carbocycles. The second-order valence-corrected chi connectivity index (χ2v) is 5.06. The highest BCUT2D eigenvalue weighted by atomic mass is 16.2. The maximum absolute atomic E-state index is 12.0. The van der Waals surface area contributed by atoms with Crippen LogP contribution in [0, 0.1) is 6.92 Å². The molecule has 100 valence electrons. The van der Waals surface area contributed by atoms with Crippen LogP contribution < -0.4 is 9.80 Å². The van der Waals surface area contributed by atoms with Crippen molar-refractivity contribution in [1.29, 1.82) is 0 Å². The van der Waals surface area contributed by atoms with E-state index in [0.717, 1.165) is 11.4 Å². The summed E-state index contributed by atoms with van der Waals surface area (Å²) in [6.45, 7) is 2.49. The first-order valence-electron chi connectivity index (χ1n) is 6.02. The zero-order valence-corrected chi connectivity index (χ0v) is 12.2. The van der Waals surface area contributed by atoms with E-state index in [1.54, 1.807) is 4.90 Å². The van der Waals surface area contributed by atoms with E-state index in [0.29, 0.717) is 6.54 Å². The lowest BCUT2D eigenvalue weighted by Gasteiger charge is -2.23. The monoisotopic (exact) mass is 249 g/mol. The number of hydrogen-bond acceptors (Lipinski definition) is 3. The Morgan fingerprint density at radius 1 is 1.11 bits per heavy atom. The van der Waals surface area contributed by atoms with Crippen molar-refractivity contribution in [3.8, 4) is 0 Å². The van der Waals surface area contributed by atoms with Crippen LogP contribution >= 0.6 is 0 Å². The van der Waals surface area contributed by atoms with Gasteiger partial charge >= 0.3 is 0 Å². The Hall–Kier alpha value is -1.55. The van der Waals surface area contributed by atoms with E-state index >= 15 is 0 Å². The molecule has 1 rings (SSSR count). The number of nitrogens with zero attached hydrogens (tertiary/aromatic N) is 3. The molecule has 0 fully saturated rings. The minimum atomic E-state index is 0.0913. The summed E-state index contributed by atoms with van der Waals surface area (Å²) >= 11 is 0. The zero-order chi connectivity index (χ0) is 13.9. The van der Waals surface area contributed by atoms with Gasteiger partial charge in [0.1, 0.15) is 0 Å². The van der Waals surface area contributed by atoms with Gasteiger partial charge in [-0.25, -0.2) is 0 Å². The standard InChI is InChI=1S/C14H23N3O/c1-11-7-8-12(9-13(11)16(4)5)17(6)14(18)10-15(2)3/h7-9H,10H2,1-6H3. The van der Waals surface area contributed by atoms with Crippen molar-refractivity contribution in [2.45, 2.75) is 6.92 Å². The first kappa shape index (κ1) is 14.5. The Bertz CT molecular complexity index is 427. The van der Waals surface area contributed by atoms with Gasteiger partial charge in [-0.1, -0.05) is 6.07 Å². The third-order valence-corrected chi connectivity index (χ3v) is 2.89. The fraction of sp³-hybridized carbons (Fsp3) is 0.500. The van der Waals surface area contributed by atoms with Gasteiger partial charge < -0.3 is 14.7 Å². The van der Waals surface area contributed by atoms with Crippen molar-refractivity contribution < 1.29 is 4.79 Å². The Morgan fingerprint density at radius 3 is 2.22 bits per heavy atom. The first-order valence-corrected chi connectivity index (χ1v) is 6.02. The number of likely N-dealkylation sites (N-methyl/N-ethyl adjacent to an activating group) is 2. The Morgan fingerprint density at radius 2 is 1.72 bits per heavy atom. The van der Waals surface area contributed by atoms with E-state index in [-0.39, 0.29) is 5.91 Å². The van der Waals surface area contributed by atoms with E-state index < -0.39 is 0 Å². The lowest BCUT2D eigenvalue weighted by Crippen LogP contribution is -2.35. The fourth-order valence-electron chi connectivity index (χ4n) is 1.81. The summed E-state index contributed by atoms with van der Waals surface area (Å²) in [6.07, 6.45) is 0. The second kappa shape index (κ2) is 5.87. The maximum atomic E-state index is 12.0. The molecule has 0 bridgehead atoms. The molecule has 0 heterocycles. The molecule has 0 saturated heterocycles. The Labute approximate surface area is 110 Å². The molecule has 1 amide bonds. The van der Waals surface area contributed by atoms with Gasteiger partial charge in [0.25, 0.3) is 0 Å². The number of rotatable bonds is 4. The summed E-state index contributed by atoms with van der Waals surface area (Å²) < 4.78 is 0. The molecule has 1 aromatic rings. The lowest BCUT2D eigenvalue weighted by atomic mass is 10.1. The van der Waals surface area contributed by atoms with Crippen LogP contribution in [0.4, 0.5) is 11.4 Å². The molecular formula is C14H23N3O. The van der Waals surface area contributed by atoms with Crippen molar-refractivity contribution in [3.05, 3.63) is 23.8 Å². The summed E-state index contributed by atoms with van der Waals surface area (Å²) in [5.41, 5.74) is 3.27. The third-order valence-electron chi connectivity index (χ3n) is 2.89. The molecule has 4 nitrogen and oxygen atoms in total. The highest BCUT2D eigenvalue weighted by Gasteiger charge is 2.13. The SMILES string of the molecule is Cc1ccc(N(C)C(=O)CN(C)C)cc1N(C)C. The van der Waals surface area contributed by atoms with Gasteiger partial charge in [-0.3, -0.25) is 4.79 Å². The molecule has 1 aromatic carbocycles. The highest BCUT2D eigenvalue weighted by Crippen LogP contribution is 2.24. The molecule has 0 aromatic heterocycles. The van der Waals surface area contributed by atoms with Crippen molar-refractivity contribution in [2.75, 3.05) is 51.6 Å². The number of benzene rings is 1.